The number of hydrogen-bond acceptors (Lipinski definition) is 3. The van der Waals surface area contributed by atoms with Gasteiger partial charge in [-0.05, 0) is 13.8 Å². The monoisotopic (exact) mass is 143 g/mol. The molecule has 58 valence electrons. The predicted octanol–water partition coefficient (Wildman–Crippen LogP) is 1.43. The molecule has 0 unspecified atom stereocenters. The summed E-state index contributed by atoms with van der Waals surface area (Å²) < 4.78 is 5.19. The first-order valence-electron chi connectivity index (χ1n) is 3.06. The Morgan fingerprint density at radius 2 is 2.30 bits per heavy atom. The highest BCUT2D eigenvalue weighted by Crippen LogP contribution is 2.07. The summed E-state index contributed by atoms with van der Waals surface area (Å²) in [4.78, 5) is 0. The summed E-state index contributed by atoms with van der Waals surface area (Å²) in [5, 5.41) is 10.8. The predicted molar refractivity (Wildman–Crippen MR) is 40.5 cm³/mol. The molecule has 0 saturated carbocycles. The fourth-order valence-corrected chi connectivity index (χ4v) is 0.344. The maximum absolute atomic E-state index is 8.00. The van der Waals surface area contributed by atoms with E-state index in [4.69, 9.17) is 9.94 Å². The zero-order valence-corrected chi connectivity index (χ0v) is 6.37. The Morgan fingerprint density at radius 1 is 1.70 bits per heavy atom. The molecule has 0 aromatic rings. The molecule has 0 bridgehead atoms. The van der Waals surface area contributed by atoms with Gasteiger partial charge in [-0.1, -0.05) is 11.2 Å². The van der Waals surface area contributed by atoms with Crippen molar-refractivity contribution in [3.63, 3.8) is 0 Å². The van der Waals surface area contributed by atoms with Crippen molar-refractivity contribution in [1.29, 1.82) is 0 Å². The topological polar surface area (TPSA) is 41.8 Å². The van der Waals surface area contributed by atoms with Gasteiger partial charge in [0.05, 0.1) is 18.4 Å². The molecule has 0 aromatic carbocycles. The summed E-state index contributed by atoms with van der Waals surface area (Å²) in [7, 11) is 0. The summed E-state index contributed by atoms with van der Waals surface area (Å²) >= 11 is 0. The quantitative estimate of drug-likeness (QED) is 0.280. The van der Waals surface area contributed by atoms with Gasteiger partial charge in [0.15, 0.2) is 0 Å². The molecular formula is C7H13NO2. The van der Waals surface area contributed by atoms with E-state index in [1.807, 2.05) is 13.8 Å². The minimum Gasteiger partial charge on any atom is -0.411 e. The maximum Gasteiger partial charge on any atom is 0.0863 e. The molecule has 0 radical (unpaired) electrons. The van der Waals surface area contributed by atoms with E-state index in [0.29, 0.717) is 6.61 Å². The number of rotatable bonds is 4. The first-order valence-corrected chi connectivity index (χ1v) is 3.06. The van der Waals surface area contributed by atoms with Gasteiger partial charge in [-0.3, -0.25) is 0 Å². The van der Waals surface area contributed by atoms with Gasteiger partial charge in [-0.2, -0.15) is 0 Å². The highest BCUT2D eigenvalue weighted by atomic mass is 16.5. The van der Waals surface area contributed by atoms with Crippen LogP contribution in [0.15, 0.2) is 17.8 Å². The molecule has 1 N–H and O–H groups in total. The molecular weight excluding hydrogens is 130 g/mol. The molecule has 0 aliphatic carbocycles. The van der Waals surface area contributed by atoms with Crippen LogP contribution in [-0.4, -0.2) is 23.6 Å². The summed E-state index contributed by atoms with van der Waals surface area (Å²) in [6.07, 6.45) is 2.98. The molecule has 0 amide bonds. The van der Waals surface area contributed by atoms with E-state index in [9.17, 15) is 0 Å². The lowest BCUT2D eigenvalue weighted by Gasteiger charge is -2.18. The molecule has 0 atom stereocenters. The smallest absolute Gasteiger partial charge is 0.0863 e. The third kappa shape index (κ3) is 4.09. The van der Waals surface area contributed by atoms with Crippen LogP contribution in [0.1, 0.15) is 13.8 Å². The largest absolute Gasteiger partial charge is 0.411 e. The van der Waals surface area contributed by atoms with Gasteiger partial charge in [-0.15, -0.1) is 6.58 Å². The molecule has 10 heavy (non-hydrogen) atoms. The van der Waals surface area contributed by atoms with Gasteiger partial charge < -0.3 is 9.94 Å². The van der Waals surface area contributed by atoms with E-state index < -0.39 is 0 Å². The van der Waals surface area contributed by atoms with E-state index in [0.717, 1.165) is 0 Å². The summed E-state index contributed by atoms with van der Waals surface area (Å²) in [5.74, 6) is 0. The van der Waals surface area contributed by atoms with Crippen molar-refractivity contribution in [3.8, 4) is 0 Å². The van der Waals surface area contributed by atoms with Crippen molar-refractivity contribution < 1.29 is 9.94 Å². The Labute approximate surface area is 61.0 Å². The first kappa shape index (κ1) is 9.17. The number of oxime groups is 1. The van der Waals surface area contributed by atoms with Gasteiger partial charge in [0.1, 0.15) is 0 Å². The second-order valence-electron chi connectivity index (χ2n) is 2.42. The van der Waals surface area contributed by atoms with Gasteiger partial charge in [0.25, 0.3) is 0 Å². The number of ether oxygens (including phenoxy) is 1. The minimum absolute atomic E-state index is 0.301. The molecule has 0 aliphatic rings. The molecule has 0 aromatic heterocycles. The average molecular weight is 143 g/mol. The lowest BCUT2D eigenvalue weighted by molar-refractivity contribution is 0.0469. The number of hydrogen-bond donors (Lipinski definition) is 1. The van der Waals surface area contributed by atoms with E-state index >= 15 is 0 Å². The third-order valence-electron chi connectivity index (χ3n) is 1.10. The molecule has 3 heteroatoms. The molecule has 0 aliphatic heterocycles. The van der Waals surface area contributed by atoms with Crippen molar-refractivity contribution in [2.75, 3.05) is 6.61 Å². The Bertz CT molecular complexity index is 130. The van der Waals surface area contributed by atoms with Gasteiger partial charge >= 0.3 is 0 Å². The highest BCUT2D eigenvalue weighted by Gasteiger charge is 2.10. The molecule has 0 fully saturated rings. The summed E-state index contributed by atoms with van der Waals surface area (Å²) in [6, 6.07) is 0. The van der Waals surface area contributed by atoms with Crippen molar-refractivity contribution in [2.45, 2.75) is 19.4 Å². The Balaban J connectivity index is 3.56. The van der Waals surface area contributed by atoms with Gasteiger partial charge in [0, 0.05) is 0 Å². The molecule has 0 heterocycles. The van der Waals surface area contributed by atoms with E-state index in [2.05, 4.69) is 11.7 Å². The second-order valence-corrected chi connectivity index (χ2v) is 2.42. The Morgan fingerprint density at radius 3 is 2.70 bits per heavy atom. The fourth-order valence-electron chi connectivity index (χ4n) is 0.344. The van der Waals surface area contributed by atoms with E-state index in [1.165, 1.54) is 6.21 Å². The van der Waals surface area contributed by atoms with Crippen molar-refractivity contribution in [1.82, 2.24) is 0 Å². The van der Waals surface area contributed by atoms with Crippen LogP contribution in [0.25, 0.3) is 0 Å². The Kier molecular flexibility index (Phi) is 3.72. The zero-order valence-electron chi connectivity index (χ0n) is 6.37. The molecule has 3 nitrogen and oxygen atoms in total. The standard InChI is InChI=1S/C7H13NO2/c1-4-7(2,3)10-6-5-8-9/h4-5,9H,1,6H2,2-3H3/b8-5+. The van der Waals surface area contributed by atoms with E-state index in [-0.39, 0.29) is 5.60 Å². The lowest BCUT2D eigenvalue weighted by Crippen LogP contribution is -2.21. The summed E-state index contributed by atoms with van der Waals surface area (Å²) in [6.45, 7) is 7.64. The van der Waals surface area contributed by atoms with Crippen molar-refractivity contribution in [3.05, 3.63) is 12.7 Å². The normalized spacial score (nSPS) is 12.2. The van der Waals surface area contributed by atoms with Gasteiger partial charge in [-0.25, -0.2) is 0 Å². The van der Waals surface area contributed by atoms with Crippen LogP contribution >= 0.6 is 0 Å². The van der Waals surface area contributed by atoms with Crippen LogP contribution in [0.3, 0.4) is 0 Å². The van der Waals surface area contributed by atoms with Crippen LogP contribution in [0.4, 0.5) is 0 Å². The van der Waals surface area contributed by atoms with Crippen LogP contribution in [0.5, 0.6) is 0 Å². The third-order valence-corrected chi connectivity index (χ3v) is 1.10. The zero-order chi connectivity index (χ0) is 8.04. The fraction of sp³-hybridized carbons (Fsp3) is 0.571. The van der Waals surface area contributed by atoms with E-state index in [1.54, 1.807) is 6.08 Å². The first-order chi connectivity index (χ1) is 4.62. The highest BCUT2D eigenvalue weighted by molar-refractivity contribution is 5.57. The molecule has 0 rings (SSSR count). The van der Waals surface area contributed by atoms with Crippen LogP contribution in [0.2, 0.25) is 0 Å². The lowest BCUT2D eigenvalue weighted by atomic mass is 10.1. The van der Waals surface area contributed by atoms with Crippen molar-refractivity contribution >= 4 is 6.21 Å². The Hall–Kier alpha value is -0.830. The minimum atomic E-state index is -0.346. The number of nitrogens with zero attached hydrogens (tertiary/aromatic N) is 1. The van der Waals surface area contributed by atoms with Crippen molar-refractivity contribution in [2.24, 2.45) is 5.16 Å². The second kappa shape index (κ2) is 4.06. The summed E-state index contributed by atoms with van der Waals surface area (Å²) in [5.41, 5.74) is -0.346. The van der Waals surface area contributed by atoms with Crippen LogP contribution in [0, 0.1) is 0 Å². The van der Waals surface area contributed by atoms with Crippen LogP contribution < -0.4 is 0 Å². The maximum atomic E-state index is 8.00. The van der Waals surface area contributed by atoms with Crippen LogP contribution in [-0.2, 0) is 4.74 Å². The SMILES string of the molecule is C=CC(C)(C)OC/C=N/O. The van der Waals surface area contributed by atoms with Gasteiger partial charge in [0.2, 0.25) is 0 Å². The molecule has 0 spiro atoms. The average Bonchev–Trinajstić information content (AvgIpc) is 1.89. The molecule has 0 saturated heterocycles.